The van der Waals surface area contributed by atoms with Crippen LogP contribution in [0.5, 0.6) is 0 Å². The maximum Gasteiger partial charge on any atom is 0.343 e. The molecule has 1 heterocycles. The summed E-state index contributed by atoms with van der Waals surface area (Å²) in [6.07, 6.45) is -0.308. The molecule has 2 aromatic rings. The quantitative estimate of drug-likeness (QED) is 0.864. The average Bonchev–Trinajstić information content (AvgIpc) is 2.70. The van der Waals surface area contributed by atoms with Crippen LogP contribution in [-0.2, 0) is 4.74 Å². The normalized spacial score (nSPS) is 12.1. The lowest BCUT2D eigenvalue weighted by Gasteiger charge is -2.13. The minimum absolute atomic E-state index is 0.308. The largest absolute Gasteiger partial charge is 0.454 e. The van der Waals surface area contributed by atoms with Crippen molar-refractivity contribution in [2.75, 3.05) is 5.73 Å². The Labute approximate surface area is 110 Å². The van der Waals surface area contributed by atoms with E-state index in [0.29, 0.717) is 16.3 Å². The lowest BCUT2D eigenvalue weighted by Crippen LogP contribution is -2.11. The second-order valence-electron chi connectivity index (χ2n) is 3.97. The van der Waals surface area contributed by atoms with Crippen LogP contribution in [0.3, 0.4) is 0 Å². The molecular weight excluding hydrogens is 248 g/mol. The molecule has 1 atom stereocenters. The zero-order valence-corrected chi connectivity index (χ0v) is 11.0. The molecule has 0 aliphatic heterocycles. The number of benzene rings is 1. The van der Waals surface area contributed by atoms with Crippen molar-refractivity contribution < 1.29 is 9.53 Å². The van der Waals surface area contributed by atoms with Crippen LogP contribution < -0.4 is 5.73 Å². The second-order valence-corrected chi connectivity index (χ2v) is 4.77. The van der Waals surface area contributed by atoms with Gasteiger partial charge in [-0.15, -0.1) is 0 Å². The Balaban J connectivity index is 2.13. The van der Waals surface area contributed by atoms with E-state index in [-0.39, 0.29) is 6.10 Å². The predicted molar refractivity (Wildman–Crippen MR) is 71.5 cm³/mol. The first kappa shape index (κ1) is 12.6. The molecule has 4 nitrogen and oxygen atoms in total. The topological polar surface area (TPSA) is 65.2 Å². The fraction of sp³-hybridized carbons (Fsp3) is 0.231. The molecule has 0 saturated carbocycles. The number of esters is 1. The molecule has 18 heavy (non-hydrogen) atoms. The molecule has 0 saturated heterocycles. The number of hydrogen-bond donors (Lipinski definition) is 1. The summed E-state index contributed by atoms with van der Waals surface area (Å²) in [5, 5.41) is 0.401. The van der Waals surface area contributed by atoms with Crippen LogP contribution in [0.4, 0.5) is 5.00 Å². The summed E-state index contributed by atoms with van der Waals surface area (Å²) in [7, 11) is 0. The van der Waals surface area contributed by atoms with E-state index >= 15 is 0 Å². The van der Waals surface area contributed by atoms with Gasteiger partial charge in [0, 0.05) is 0 Å². The molecule has 0 amide bonds. The Morgan fingerprint density at radius 3 is 2.61 bits per heavy atom. The molecule has 0 radical (unpaired) electrons. The fourth-order valence-corrected chi connectivity index (χ4v) is 2.30. The first-order valence-electron chi connectivity index (χ1n) is 5.57. The van der Waals surface area contributed by atoms with Gasteiger partial charge in [0.25, 0.3) is 0 Å². The molecule has 0 spiro atoms. The van der Waals surface area contributed by atoms with E-state index in [1.54, 1.807) is 6.92 Å². The van der Waals surface area contributed by atoms with Crippen LogP contribution in [0, 0.1) is 6.92 Å². The number of anilines is 1. The van der Waals surface area contributed by atoms with E-state index in [9.17, 15) is 4.79 Å². The molecular formula is C13H14N2O2S. The average molecular weight is 262 g/mol. The van der Waals surface area contributed by atoms with Gasteiger partial charge in [-0.2, -0.15) is 4.37 Å². The van der Waals surface area contributed by atoms with Gasteiger partial charge in [-0.25, -0.2) is 4.79 Å². The predicted octanol–water partition coefficient (Wildman–Crippen LogP) is 2.95. The fourth-order valence-electron chi connectivity index (χ4n) is 1.65. The lowest BCUT2D eigenvalue weighted by atomic mass is 10.1. The molecule has 2 N–H and O–H groups in total. The van der Waals surface area contributed by atoms with E-state index in [0.717, 1.165) is 17.1 Å². The van der Waals surface area contributed by atoms with Crippen molar-refractivity contribution in [1.29, 1.82) is 0 Å². The summed E-state index contributed by atoms with van der Waals surface area (Å²) in [4.78, 5) is 12.0. The Hall–Kier alpha value is -1.88. The van der Waals surface area contributed by atoms with E-state index in [1.165, 1.54) is 0 Å². The summed E-state index contributed by atoms with van der Waals surface area (Å²) < 4.78 is 9.42. The minimum Gasteiger partial charge on any atom is -0.454 e. The van der Waals surface area contributed by atoms with Gasteiger partial charge in [-0.1, -0.05) is 30.3 Å². The maximum absolute atomic E-state index is 12.0. The molecule has 1 unspecified atom stereocenters. The standard InChI is InChI=1S/C13H14N2O2S/c1-8-11(12(14)18-15-8)13(16)17-9(2)10-6-4-3-5-7-10/h3-7,9H,14H2,1-2H3. The smallest absolute Gasteiger partial charge is 0.343 e. The number of aryl methyl sites for hydroxylation is 1. The third kappa shape index (κ3) is 2.51. The number of hydrogen-bond acceptors (Lipinski definition) is 5. The first-order valence-corrected chi connectivity index (χ1v) is 6.34. The van der Waals surface area contributed by atoms with Crippen molar-refractivity contribution in [2.24, 2.45) is 0 Å². The van der Waals surface area contributed by atoms with E-state index in [1.807, 2.05) is 37.3 Å². The van der Waals surface area contributed by atoms with Crippen LogP contribution in [-0.4, -0.2) is 10.3 Å². The number of nitrogens with two attached hydrogens (primary N) is 1. The number of aromatic nitrogens is 1. The van der Waals surface area contributed by atoms with E-state index in [2.05, 4.69) is 4.37 Å². The monoisotopic (exact) mass is 262 g/mol. The van der Waals surface area contributed by atoms with Crippen molar-refractivity contribution in [3.8, 4) is 0 Å². The van der Waals surface area contributed by atoms with E-state index in [4.69, 9.17) is 10.5 Å². The van der Waals surface area contributed by atoms with Gasteiger partial charge in [0.05, 0.1) is 5.69 Å². The summed E-state index contributed by atoms with van der Waals surface area (Å²) in [6.45, 7) is 3.58. The third-order valence-corrected chi connectivity index (χ3v) is 3.41. The van der Waals surface area contributed by atoms with Crippen molar-refractivity contribution in [3.05, 3.63) is 47.2 Å². The van der Waals surface area contributed by atoms with Gasteiger partial charge in [0.1, 0.15) is 16.7 Å². The lowest BCUT2D eigenvalue weighted by molar-refractivity contribution is 0.0338. The SMILES string of the molecule is Cc1nsc(N)c1C(=O)OC(C)c1ccccc1. The third-order valence-electron chi connectivity index (χ3n) is 2.65. The van der Waals surface area contributed by atoms with Gasteiger partial charge >= 0.3 is 5.97 Å². The number of nitrogen functional groups attached to an aromatic ring is 1. The Morgan fingerprint density at radius 1 is 1.39 bits per heavy atom. The van der Waals surface area contributed by atoms with Crippen LogP contribution in [0.25, 0.3) is 0 Å². The van der Waals surface area contributed by atoms with Gasteiger partial charge < -0.3 is 10.5 Å². The number of carbonyl (C=O) groups is 1. The molecule has 0 bridgehead atoms. The van der Waals surface area contributed by atoms with Crippen molar-refractivity contribution >= 4 is 22.5 Å². The highest BCUT2D eigenvalue weighted by Gasteiger charge is 2.20. The highest BCUT2D eigenvalue weighted by Crippen LogP contribution is 2.25. The number of nitrogens with zero attached hydrogens (tertiary/aromatic N) is 1. The van der Waals surface area contributed by atoms with Crippen LogP contribution in [0.15, 0.2) is 30.3 Å². The summed E-state index contributed by atoms with van der Waals surface area (Å²) >= 11 is 1.11. The van der Waals surface area contributed by atoms with Gasteiger partial charge in [0.15, 0.2) is 0 Å². The van der Waals surface area contributed by atoms with Gasteiger partial charge in [-0.05, 0) is 30.9 Å². The zero-order chi connectivity index (χ0) is 13.1. The zero-order valence-electron chi connectivity index (χ0n) is 10.2. The highest BCUT2D eigenvalue weighted by atomic mass is 32.1. The highest BCUT2D eigenvalue weighted by molar-refractivity contribution is 7.10. The van der Waals surface area contributed by atoms with Crippen LogP contribution >= 0.6 is 11.5 Å². The van der Waals surface area contributed by atoms with E-state index < -0.39 is 5.97 Å². The molecule has 2 rings (SSSR count). The second kappa shape index (κ2) is 5.18. The minimum atomic E-state index is -0.421. The molecule has 0 aliphatic rings. The van der Waals surface area contributed by atoms with Crippen LogP contribution in [0.1, 0.15) is 34.6 Å². The van der Waals surface area contributed by atoms with Gasteiger partial charge in [-0.3, -0.25) is 0 Å². The van der Waals surface area contributed by atoms with Gasteiger partial charge in [0.2, 0.25) is 0 Å². The first-order chi connectivity index (χ1) is 8.59. The molecule has 0 fully saturated rings. The molecule has 0 aliphatic carbocycles. The summed E-state index contributed by atoms with van der Waals surface area (Å²) in [5.74, 6) is -0.421. The Kier molecular flexibility index (Phi) is 3.62. The van der Waals surface area contributed by atoms with Crippen molar-refractivity contribution in [3.63, 3.8) is 0 Å². The Bertz CT molecular complexity index is 532. The molecule has 1 aromatic carbocycles. The maximum atomic E-state index is 12.0. The molecule has 1 aromatic heterocycles. The number of carbonyl (C=O) groups excluding carboxylic acids is 1. The number of rotatable bonds is 3. The summed E-state index contributed by atoms with van der Waals surface area (Å²) in [5.41, 5.74) is 7.65. The molecule has 5 heteroatoms. The number of ether oxygens (including phenoxy) is 1. The Morgan fingerprint density at radius 2 is 2.06 bits per heavy atom. The summed E-state index contributed by atoms with van der Waals surface area (Å²) in [6, 6.07) is 9.57. The molecule has 94 valence electrons. The van der Waals surface area contributed by atoms with Crippen LogP contribution in [0.2, 0.25) is 0 Å². The van der Waals surface area contributed by atoms with Crippen molar-refractivity contribution in [1.82, 2.24) is 4.37 Å². The van der Waals surface area contributed by atoms with Crippen molar-refractivity contribution in [2.45, 2.75) is 20.0 Å².